The average molecular weight is 145 g/mol. The Morgan fingerprint density at radius 3 is 2.50 bits per heavy atom. The Labute approximate surface area is 63.6 Å². The lowest BCUT2D eigenvalue weighted by atomic mass is 10.3. The molecule has 0 bridgehead atoms. The van der Waals surface area contributed by atoms with Gasteiger partial charge in [0.1, 0.15) is 0 Å². The lowest BCUT2D eigenvalue weighted by molar-refractivity contribution is 0.388. The highest BCUT2D eigenvalue weighted by atomic mass is 15.1. The maximum atomic E-state index is 5.41. The molecule has 0 aliphatic carbocycles. The van der Waals surface area contributed by atoms with Gasteiger partial charge in [-0.15, -0.1) is 0 Å². The first-order valence-corrected chi connectivity index (χ1v) is 3.75. The lowest BCUT2D eigenvalue weighted by Crippen LogP contribution is -2.37. The smallest absolute Gasteiger partial charge is 0.0162 e. The van der Waals surface area contributed by atoms with E-state index in [1.807, 2.05) is 0 Å². The second-order valence-corrected chi connectivity index (χ2v) is 2.89. The zero-order valence-corrected chi connectivity index (χ0v) is 7.22. The number of nitrogens with zero attached hydrogens (tertiary/aromatic N) is 1. The molecule has 0 saturated heterocycles. The summed E-state index contributed by atoms with van der Waals surface area (Å²) in [5.74, 6) is 0. The predicted octanol–water partition coefficient (Wildman–Crippen LogP) is -0.515. The van der Waals surface area contributed by atoms with Crippen molar-refractivity contribution in [2.24, 2.45) is 5.73 Å². The van der Waals surface area contributed by atoms with E-state index in [9.17, 15) is 0 Å². The van der Waals surface area contributed by atoms with Crippen LogP contribution in [0.3, 0.4) is 0 Å². The van der Waals surface area contributed by atoms with Gasteiger partial charge >= 0.3 is 0 Å². The van der Waals surface area contributed by atoms with Gasteiger partial charge in [0, 0.05) is 25.7 Å². The lowest BCUT2D eigenvalue weighted by Gasteiger charge is -2.13. The molecule has 0 heterocycles. The molecule has 3 heteroatoms. The highest BCUT2D eigenvalue weighted by Crippen LogP contribution is 1.76. The van der Waals surface area contributed by atoms with Crippen LogP contribution in [0.25, 0.3) is 0 Å². The van der Waals surface area contributed by atoms with Gasteiger partial charge in [-0.3, -0.25) is 0 Å². The zero-order valence-electron chi connectivity index (χ0n) is 7.22. The molecule has 0 aromatic heterocycles. The summed E-state index contributed by atoms with van der Waals surface area (Å²) in [5, 5.41) is 3.30. The molecule has 0 rings (SSSR count). The zero-order chi connectivity index (χ0) is 7.98. The summed E-state index contributed by atoms with van der Waals surface area (Å²) in [6, 6.07) is 0.444. The van der Waals surface area contributed by atoms with Gasteiger partial charge in [-0.05, 0) is 21.0 Å². The Balaban J connectivity index is 3.03. The molecule has 62 valence electrons. The standard InChI is InChI=1S/C7H19N3/c1-7(6-8)9-4-5-10(2)3/h7,9H,4-6,8H2,1-3H3/t7-/m0/s1. The molecule has 1 atom stereocenters. The largest absolute Gasteiger partial charge is 0.329 e. The molecule has 0 aliphatic heterocycles. The number of rotatable bonds is 5. The van der Waals surface area contributed by atoms with E-state index in [4.69, 9.17) is 5.73 Å². The summed E-state index contributed by atoms with van der Waals surface area (Å²) in [5.41, 5.74) is 5.41. The molecular formula is C7H19N3. The van der Waals surface area contributed by atoms with Crippen molar-refractivity contribution in [2.45, 2.75) is 13.0 Å². The van der Waals surface area contributed by atoms with E-state index >= 15 is 0 Å². The monoisotopic (exact) mass is 145 g/mol. The molecule has 3 nitrogen and oxygen atoms in total. The molecular weight excluding hydrogens is 126 g/mol. The van der Waals surface area contributed by atoms with Gasteiger partial charge in [-0.1, -0.05) is 0 Å². The molecule has 10 heavy (non-hydrogen) atoms. The van der Waals surface area contributed by atoms with E-state index in [1.54, 1.807) is 0 Å². The van der Waals surface area contributed by atoms with Gasteiger partial charge in [-0.25, -0.2) is 0 Å². The minimum Gasteiger partial charge on any atom is -0.329 e. The van der Waals surface area contributed by atoms with E-state index in [1.165, 1.54) is 0 Å². The summed E-state index contributed by atoms with van der Waals surface area (Å²) >= 11 is 0. The van der Waals surface area contributed by atoms with Crippen molar-refractivity contribution >= 4 is 0 Å². The highest BCUT2D eigenvalue weighted by molar-refractivity contribution is 4.60. The third-order valence-corrected chi connectivity index (χ3v) is 1.41. The maximum Gasteiger partial charge on any atom is 0.0162 e. The molecule has 0 saturated carbocycles. The predicted molar refractivity (Wildman–Crippen MR) is 45.1 cm³/mol. The van der Waals surface area contributed by atoms with Gasteiger partial charge in [0.2, 0.25) is 0 Å². The number of likely N-dealkylation sites (N-methyl/N-ethyl adjacent to an activating group) is 1. The van der Waals surface area contributed by atoms with Crippen molar-refractivity contribution in [2.75, 3.05) is 33.7 Å². The number of nitrogens with two attached hydrogens (primary N) is 1. The Hall–Kier alpha value is -0.120. The molecule has 0 aromatic rings. The van der Waals surface area contributed by atoms with Crippen LogP contribution in [0.15, 0.2) is 0 Å². The van der Waals surface area contributed by atoms with Crippen molar-refractivity contribution in [1.82, 2.24) is 10.2 Å². The van der Waals surface area contributed by atoms with Crippen LogP contribution in [0.4, 0.5) is 0 Å². The molecule has 0 unspecified atom stereocenters. The van der Waals surface area contributed by atoms with Gasteiger partial charge in [0.15, 0.2) is 0 Å². The maximum absolute atomic E-state index is 5.41. The molecule has 3 N–H and O–H groups in total. The van der Waals surface area contributed by atoms with Crippen LogP contribution >= 0.6 is 0 Å². The van der Waals surface area contributed by atoms with E-state index in [2.05, 4.69) is 31.2 Å². The van der Waals surface area contributed by atoms with E-state index in [0.717, 1.165) is 13.1 Å². The highest BCUT2D eigenvalue weighted by Gasteiger charge is 1.95. The molecule has 0 radical (unpaired) electrons. The Morgan fingerprint density at radius 1 is 1.50 bits per heavy atom. The average Bonchev–Trinajstić information content (AvgIpc) is 1.87. The SMILES string of the molecule is C[C@@H](CN)NCCN(C)C. The topological polar surface area (TPSA) is 41.3 Å². The minimum absolute atomic E-state index is 0.444. The van der Waals surface area contributed by atoms with Crippen molar-refractivity contribution in [3.8, 4) is 0 Å². The minimum atomic E-state index is 0.444. The first-order valence-electron chi connectivity index (χ1n) is 3.75. The van der Waals surface area contributed by atoms with Crippen LogP contribution in [0.1, 0.15) is 6.92 Å². The third kappa shape index (κ3) is 6.01. The Morgan fingerprint density at radius 2 is 2.10 bits per heavy atom. The second-order valence-electron chi connectivity index (χ2n) is 2.89. The second kappa shape index (κ2) is 5.65. The fourth-order valence-electron chi connectivity index (χ4n) is 0.618. The summed E-state index contributed by atoms with van der Waals surface area (Å²) in [7, 11) is 4.13. The van der Waals surface area contributed by atoms with Gasteiger partial charge in [0.25, 0.3) is 0 Å². The van der Waals surface area contributed by atoms with Crippen LogP contribution in [-0.4, -0.2) is 44.7 Å². The molecule has 0 aromatic carbocycles. The van der Waals surface area contributed by atoms with Crippen molar-refractivity contribution in [3.05, 3.63) is 0 Å². The molecule has 0 amide bonds. The molecule has 0 aliphatic rings. The fraction of sp³-hybridized carbons (Fsp3) is 1.00. The van der Waals surface area contributed by atoms with Gasteiger partial charge < -0.3 is 16.0 Å². The first-order chi connectivity index (χ1) is 4.66. The van der Waals surface area contributed by atoms with Crippen LogP contribution in [0.5, 0.6) is 0 Å². The fourth-order valence-corrected chi connectivity index (χ4v) is 0.618. The summed E-state index contributed by atoms with van der Waals surface area (Å²) in [6.07, 6.45) is 0. The Bertz CT molecular complexity index is 73.3. The molecule has 0 fully saturated rings. The summed E-state index contributed by atoms with van der Waals surface area (Å²) in [6.45, 7) is 4.90. The first kappa shape index (κ1) is 9.88. The van der Waals surface area contributed by atoms with E-state index < -0.39 is 0 Å². The third-order valence-electron chi connectivity index (χ3n) is 1.41. The normalized spacial score (nSPS) is 14.1. The summed E-state index contributed by atoms with van der Waals surface area (Å²) in [4.78, 5) is 2.15. The van der Waals surface area contributed by atoms with E-state index in [0.29, 0.717) is 12.6 Å². The number of hydrogen-bond donors (Lipinski definition) is 2. The van der Waals surface area contributed by atoms with Crippen LogP contribution < -0.4 is 11.1 Å². The number of nitrogens with one attached hydrogen (secondary N) is 1. The summed E-state index contributed by atoms with van der Waals surface area (Å²) < 4.78 is 0. The van der Waals surface area contributed by atoms with Gasteiger partial charge in [0.05, 0.1) is 0 Å². The van der Waals surface area contributed by atoms with Crippen molar-refractivity contribution < 1.29 is 0 Å². The van der Waals surface area contributed by atoms with Crippen molar-refractivity contribution in [3.63, 3.8) is 0 Å². The quantitative estimate of drug-likeness (QED) is 0.547. The number of hydrogen-bond acceptors (Lipinski definition) is 3. The van der Waals surface area contributed by atoms with Crippen LogP contribution in [0.2, 0.25) is 0 Å². The van der Waals surface area contributed by atoms with Crippen LogP contribution in [0, 0.1) is 0 Å². The Kier molecular flexibility index (Phi) is 5.58. The van der Waals surface area contributed by atoms with Crippen LogP contribution in [-0.2, 0) is 0 Å². The van der Waals surface area contributed by atoms with Crippen molar-refractivity contribution in [1.29, 1.82) is 0 Å². The molecule has 0 spiro atoms. The van der Waals surface area contributed by atoms with Gasteiger partial charge in [-0.2, -0.15) is 0 Å². The van der Waals surface area contributed by atoms with E-state index in [-0.39, 0.29) is 0 Å².